The summed E-state index contributed by atoms with van der Waals surface area (Å²) in [6, 6.07) is 6.07. The van der Waals surface area contributed by atoms with Crippen molar-refractivity contribution in [3.63, 3.8) is 0 Å². The summed E-state index contributed by atoms with van der Waals surface area (Å²) in [5.41, 5.74) is 1.40. The molecule has 4 rings (SSSR count). The highest BCUT2D eigenvalue weighted by Gasteiger charge is 2.57. The van der Waals surface area contributed by atoms with Crippen LogP contribution in [0.25, 0.3) is 0 Å². The first-order chi connectivity index (χ1) is 20.8. The highest BCUT2D eigenvalue weighted by molar-refractivity contribution is 5.87. The maximum Gasteiger partial charge on any atom is 0.490 e. The minimum atomic E-state index is -5.08. The number of carboxylic acids is 2. The number of aromatic nitrogens is 3. The Kier molecular flexibility index (Phi) is 12.5. The fourth-order valence-electron chi connectivity index (χ4n) is 5.17. The highest BCUT2D eigenvalue weighted by Crippen LogP contribution is 2.50. The van der Waals surface area contributed by atoms with Crippen LogP contribution in [0.5, 0.6) is 0 Å². The molecule has 0 aliphatic carbocycles. The number of aliphatic carboxylic acids is 2. The average molecular weight is 654 g/mol. The molecule has 45 heavy (non-hydrogen) atoms. The summed E-state index contributed by atoms with van der Waals surface area (Å²) >= 11 is 0. The molecule has 18 heteroatoms. The van der Waals surface area contributed by atoms with Crippen LogP contribution in [0.1, 0.15) is 49.9 Å². The second kappa shape index (κ2) is 15.2. The fraction of sp³-hybridized carbons (Fsp3) is 0.556. The van der Waals surface area contributed by atoms with Crippen molar-refractivity contribution in [1.29, 1.82) is 0 Å². The fourth-order valence-corrected chi connectivity index (χ4v) is 5.17. The van der Waals surface area contributed by atoms with Crippen LogP contribution in [0.3, 0.4) is 0 Å². The highest BCUT2D eigenvalue weighted by atomic mass is 19.4. The molecule has 0 bridgehead atoms. The van der Waals surface area contributed by atoms with Crippen LogP contribution >= 0.6 is 0 Å². The molecule has 0 saturated carbocycles. The van der Waals surface area contributed by atoms with Gasteiger partial charge in [-0.3, -0.25) is 19.3 Å². The summed E-state index contributed by atoms with van der Waals surface area (Å²) in [6.07, 6.45) is -3.15. The number of piperidine rings is 1. The maximum absolute atomic E-state index is 14.0. The number of carbonyl (C=O) groups excluding carboxylic acids is 2. The molecular weight excluding hydrogens is 620 g/mol. The van der Waals surface area contributed by atoms with Crippen LogP contribution < -0.4 is 0 Å². The Morgan fingerprint density at radius 1 is 1.07 bits per heavy atom. The van der Waals surface area contributed by atoms with Gasteiger partial charge in [0.05, 0.1) is 5.41 Å². The topological polar surface area (TPSA) is 155 Å². The summed E-state index contributed by atoms with van der Waals surface area (Å²) in [5.74, 6) is -5.56. The number of alkyl halides is 6. The Hall–Kier alpha value is -4.22. The van der Waals surface area contributed by atoms with Crippen molar-refractivity contribution in [1.82, 2.24) is 24.6 Å². The van der Waals surface area contributed by atoms with Crippen molar-refractivity contribution in [2.75, 3.05) is 33.4 Å². The van der Waals surface area contributed by atoms with E-state index in [0.29, 0.717) is 19.6 Å². The first kappa shape index (κ1) is 37.0. The zero-order valence-electron chi connectivity index (χ0n) is 24.5. The third-order valence-corrected chi connectivity index (χ3v) is 7.06. The van der Waals surface area contributed by atoms with Gasteiger partial charge in [0, 0.05) is 69.5 Å². The molecule has 2 aromatic heterocycles. The summed E-state index contributed by atoms with van der Waals surface area (Å²) in [6.45, 7) is 6.39. The number of likely N-dealkylation sites (tertiary alicyclic amines) is 2. The Labute approximate surface area is 253 Å². The minimum absolute atomic E-state index is 0.0276. The third-order valence-electron chi connectivity index (χ3n) is 7.06. The van der Waals surface area contributed by atoms with E-state index in [1.54, 1.807) is 17.3 Å². The van der Waals surface area contributed by atoms with Gasteiger partial charge < -0.3 is 24.7 Å². The van der Waals surface area contributed by atoms with Crippen LogP contribution in [-0.4, -0.2) is 104 Å². The van der Waals surface area contributed by atoms with Gasteiger partial charge in [-0.25, -0.2) is 9.59 Å². The Morgan fingerprint density at radius 3 is 2.16 bits per heavy atom. The van der Waals surface area contributed by atoms with E-state index in [0.717, 1.165) is 30.6 Å². The van der Waals surface area contributed by atoms with Gasteiger partial charge >= 0.3 is 24.3 Å². The molecule has 2 fully saturated rings. The summed E-state index contributed by atoms with van der Waals surface area (Å²) in [5, 5.41) is 18.8. The van der Waals surface area contributed by atoms with Crippen molar-refractivity contribution in [2.24, 2.45) is 5.41 Å². The van der Waals surface area contributed by atoms with Gasteiger partial charge in [0.2, 0.25) is 11.8 Å². The number of hydrogen-bond donors (Lipinski definition) is 2. The lowest BCUT2D eigenvalue weighted by Gasteiger charge is -2.42. The van der Waals surface area contributed by atoms with Gasteiger partial charge in [-0.15, -0.1) is 0 Å². The zero-order chi connectivity index (χ0) is 34.2. The Bertz CT molecular complexity index is 1300. The number of rotatable bonds is 6. The molecule has 2 aliphatic rings. The SMILES string of the molecule is COCC(=O)N1C[C@@H](c2ccnn2C(C)C)[C@@]2(CCCN(Cc3cccnc3)C2=O)C1.O=C(O)C(F)(F)F.O=C(O)C(F)(F)F. The molecule has 2 N–H and O–H groups in total. The van der Waals surface area contributed by atoms with Crippen molar-refractivity contribution in [2.45, 2.75) is 57.5 Å². The van der Waals surface area contributed by atoms with Gasteiger partial charge in [-0.2, -0.15) is 31.4 Å². The monoisotopic (exact) mass is 653 g/mol. The number of amides is 2. The van der Waals surface area contributed by atoms with Gasteiger partial charge in [0.25, 0.3) is 0 Å². The molecule has 2 atom stereocenters. The number of carboxylic acid groups (broad SMARTS) is 2. The molecule has 0 radical (unpaired) electrons. The molecule has 2 saturated heterocycles. The van der Waals surface area contributed by atoms with E-state index >= 15 is 0 Å². The molecule has 250 valence electrons. The molecule has 0 aromatic carbocycles. The van der Waals surface area contributed by atoms with E-state index in [2.05, 4.69) is 23.9 Å². The summed E-state index contributed by atoms with van der Waals surface area (Å²) in [4.78, 5) is 52.4. The van der Waals surface area contributed by atoms with Crippen LogP contribution in [0.15, 0.2) is 36.8 Å². The van der Waals surface area contributed by atoms with Crippen molar-refractivity contribution >= 4 is 23.8 Å². The summed E-state index contributed by atoms with van der Waals surface area (Å²) in [7, 11) is 1.52. The second-order valence-electron chi connectivity index (χ2n) is 10.5. The van der Waals surface area contributed by atoms with Crippen LogP contribution in [-0.2, 0) is 30.5 Å². The van der Waals surface area contributed by atoms with Crippen LogP contribution in [0.2, 0.25) is 0 Å². The molecule has 4 heterocycles. The molecular formula is C27H33F6N5O7. The largest absolute Gasteiger partial charge is 0.490 e. The number of hydrogen-bond acceptors (Lipinski definition) is 7. The van der Waals surface area contributed by atoms with Gasteiger partial charge in [0.15, 0.2) is 0 Å². The van der Waals surface area contributed by atoms with Gasteiger partial charge in [0.1, 0.15) is 6.61 Å². The number of pyridine rings is 1. The lowest BCUT2D eigenvalue weighted by atomic mass is 9.70. The van der Waals surface area contributed by atoms with Crippen LogP contribution in [0.4, 0.5) is 26.3 Å². The third kappa shape index (κ3) is 9.63. The van der Waals surface area contributed by atoms with E-state index in [9.17, 15) is 35.9 Å². The molecule has 2 aromatic rings. The first-order valence-corrected chi connectivity index (χ1v) is 13.4. The first-order valence-electron chi connectivity index (χ1n) is 13.4. The predicted octanol–water partition coefficient (Wildman–Crippen LogP) is 3.51. The van der Waals surface area contributed by atoms with E-state index in [-0.39, 0.29) is 30.4 Å². The number of ether oxygens (including phenoxy) is 1. The Morgan fingerprint density at radius 2 is 1.67 bits per heavy atom. The number of carbonyl (C=O) groups is 4. The quantitative estimate of drug-likeness (QED) is 0.446. The van der Waals surface area contributed by atoms with E-state index < -0.39 is 29.7 Å². The van der Waals surface area contributed by atoms with Crippen molar-refractivity contribution < 1.29 is 60.5 Å². The summed E-state index contributed by atoms with van der Waals surface area (Å²) < 4.78 is 70.6. The number of methoxy groups -OCH3 is 1. The average Bonchev–Trinajstić information content (AvgIpc) is 3.58. The minimum Gasteiger partial charge on any atom is -0.475 e. The molecule has 0 unspecified atom stereocenters. The van der Waals surface area contributed by atoms with E-state index in [1.165, 1.54) is 7.11 Å². The van der Waals surface area contributed by atoms with Crippen LogP contribution in [0, 0.1) is 5.41 Å². The second-order valence-corrected chi connectivity index (χ2v) is 10.5. The molecule has 1 spiro atoms. The number of halogens is 6. The predicted molar refractivity (Wildman–Crippen MR) is 143 cm³/mol. The Balaban J connectivity index is 0.000000421. The van der Waals surface area contributed by atoms with E-state index in [1.807, 2.05) is 34.0 Å². The lowest BCUT2D eigenvalue weighted by Crippen LogP contribution is -2.52. The smallest absolute Gasteiger partial charge is 0.475 e. The number of nitrogens with zero attached hydrogens (tertiary/aromatic N) is 5. The van der Waals surface area contributed by atoms with Gasteiger partial charge in [-0.05, 0) is 44.4 Å². The normalized spacial score (nSPS) is 20.0. The maximum atomic E-state index is 14.0. The molecule has 2 amide bonds. The van der Waals surface area contributed by atoms with Crippen molar-refractivity contribution in [3.05, 3.63) is 48.0 Å². The zero-order valence-corrected chi connectivity index (χ0v) is 24.5. The van der Waals surface area contributed by atoms with Gasteiger partial charge in [-0.1, -0.05) is 6.07 Å². The molecule has 12 nitrogen and oxygen atoms in total. The lowest BCUT2D eigenvalue weighted by molar-refractivity contribution is -0.193. The van der Waals surface area contributed by atoms with Crippen molar-refractivity contribution in [3.8, 4) is 0 Å². The van der Waals surface area contributed by atoms with E-state index in [4.69, 9.17) is 24.5 Å². The molecule has 2 aliphatic heterocycles. The standard InChI is InChI=1S/C23H31N5O3.2C2HF3O2/c1-17(2)28-20(7-10-25-28)19-14-27(21(29)15-31-3)16-23(19)8-5-11-26(22(23)30)13-18-6-4-9-24-12-18;2*3-2(4,5)1(6)7/h4,6-7,9-10,12,17,19H,5,8,11,13-16H2,1-3H3;2*(H,6,7)/t19-,23+;;/m0../s1.